The fraction of sp³-hybridized carbons (Fsp3) is 0.462. The van der Waals surface area contributed by atoms with Gasteiger partial charge in [-0.2, -0.15) is 0 Å². The van der Waals surface area contributed by atoms with Crippen LogP contribution in [0, 0.1) is 0 Å². The quantitative estimate of drug-likeness (QED) is 0.715. The van der Waals surface area contributed by atoms with Gasteiger partial charge in [-0.25, -0.2) is 0 Å². The molecule has 0 fully saturated rings. The molecule has 3 heteroatoms. The number of amides is 1. The van der Waals surface area contributed by atoms with Gasteiger partial charge in [-0.15, -0.1) is 0 Å². The van der Waals surface area contributed by atoms with Gasteiger partial charge in [-0.3, -0.25) is 4.79 Å². The van der Waals surface area contributed by atoms with Gasteiger partial charge < -0.3 is 10.6 Å². The molecule has 0 bridgehead atoms. The minimum absolute atomic E-state index is 0.0357. The van der Waals surface area contributed by atoms with Crippen molar-refractivity contribution in [2.24, 2.45) is 0 Å². The Balaban J connectivity index is 2.52. The second kappa shape index (κ2) is 7.01. The van der Waals surface area contributed by atoms with E-state index in [0.717, 1.165) is 37.1 Å². The molecule has 0 saturated carbocycles. The molecule has 1 amide bonds. The smallest absolute Gasteiger partial charge is 0.251 e. The molecular weight excluding hydrogens is 200 g/mol. The number of hydrogen-bond donors (Lipinski definition) is 2. The SMILES string of the molecule is CCc1ccccc1C(=O)NCCCNC. The summed E-state index contributed by atoms with van der Waals surface area (Å²) in [7, 11) is 1.91. The molecule has 1 rings (SSSR count). The highest BCUT2D eigenvalue weighted by Crippen LogP contribution is 2.08. The first-order chi connectivity index (χ1) is 7.79. The van der Waals surface area contributed by atoms with Crippen molar-refractivity contribution in [2.75, 3.05) is 20.1 Å². The Morgan fingerprint density at radius 1 is 1.25 bits per heavy atom. The molecule has 0 saturated heterocycles. The number of carbonyl (C=O) groups is 1. The van der Waals surface area contributed by atoms with E-state index in [1.807, 2.05) is 31.3 Å². The van der Waals surface area contributed by atoms with Crippen molar-refractivity contribution in [2.45, 2.75) is 19.8 Å². The predicted octanol–water partition coefficient (Wildman–Crippen LogP) is 1.59. The van der Waals surface area contributed by atoms with E-state index in [1.54, 1.807) is 0 Å². The van der Waals surface area contributed by atoms with Crippen LogP contribution in [0.4, 0.5) is 0 Å². The van der Waals surface area contributed by atoms with Gasteiger partial charge in [0.15, 0.2) is 0 Å². The lowest BCUT2D eigenvalue weighted by atomic mass is 10.0. The third-order valence-electron chi connectivity index (χ3n) is 2.53. The molecule has 0 spiro atoms. The van der Waals surface area contributed by atoms with Gasteiger partial charge in [0.1, 0.15) is 0 Å². The molecule has 0 aliphatic heterocycles. The lowest BCUT2D eigenvalue weighted by molar-refractivity contribution is 0.0952. The molecule has 0 heterocycles. The molecule has 16 heavy (non-hydrogen) atoms. The average Bonchev–Trinajstić information content (AvgIpc) is 2.34. The van der Waals surface area contributed by atoms with Gasteiger partial charge >= 0.3 is 0 Å². The highest BCUT2D eigenvalue weighted by Gasteiger charge is 2.08. The Labute approximate surface area is 97.2 Å². The second-order valence-electron chi connectivity index (χ2n) is 3.72. The summed E-state index contributed by atoms with van der Waals surface area (Å²) in [6.45, 7) is 3.71. The van der Waals surface area contributed by atoms with Crippen molar-refractivity contribution in [3.8, 4) is 0 Å². The lowest BCUT2D eigenvalue weighted by Gasteiger charge is -2.08. The van der Waals surface area contributed by atoms with Crippen LogP contribution >= 0.6 is 0 Å². The van der Waals surface area contributed by atoms with E-state index in [-0.39, 0.29) is 5.91 Å². The van der Waals surface area contributed by atoms with Crippen molar-refractivity contribution in [1.82, 2.24) is 10.6 Å². The second-order valence-corrected chi connectivity index (χ2v) is 3.72. The Bertz CT molecular complexity index is 336. The van der Waals surface area contributed by atoms with Crippen LogP contribution in [0.5, 0.6) is 0 Å². The molecule has 0 aliphatic rings. The minimum Gasteiger partial charge on any atom is -0.352 e. The van der Waals surface area contributed by atoms with Crippen LogP contribution in [0.3, 0.4) is 0 Å². The van der Waals surface area contributed by atoms with E-state index in [1.165, 1.54) is 0 Å². The standard InChI is InChI=1S/C13H20N2O/c1-3-11-7-4-5-8-12(11)13(16)15-10-6-9-14-2/h4-5,7-8,14H,3,6,9-10H2,1-2H3,(H,15,16). The van der Waals surface area contributed by atoms with Gasteiger partial charge in [0.25, 0.3) is 5.91 Å². The van der Waals surface area contributed by atoms with Crippen LogP contribution in [0.1, 0.15) is 29.3 Å². The molecule has 1 aromatic carbocycles. The first kappa shape index (κ1) is 12.7. The highest BCUT2D eigenvalue weighted by molar-refractivity contribution is 5.95. The van der Waals surface area contributed by atoms with Crippen molar-refractivity contribution in [1.29, 1.82) is 0 Å². The average molecular weight is 220 g/mol. The Hall–Kier alpha value is -1.35. The molecular formula is C13H20N2O. The zero-order valence-corrected chi connectivity index (χ0v) is 10.0. The summed E-state index contributed by atoms with van der Waals surface area (Å²) in [5, 5.41) is 5.98. The first-order valence-corrected chi connectivity index (χ1v) is 5.80. The van der Waals surface area contributed by atoms with Crippen LogP contribution < -0.4 is 10.6 Å². The van der Waals surface area contributed by atoms with E-state index in [2.05, 4.69) is 17.6 Å². The van der Waals surface area contributed by atoms with Crippen molar-refractivity contribution < 1.29 is 4.79 Å². The van der Waals surface area contributed by atoms with E-state index in [4.69, 9.17) is 0 Å². The van der Waals surface area contributed by atoms with Crippen LogP contribution in [-0.2, 0) is 6.42 Å². The molecule has 0 atom stereocenters. The van der Waals surface area contributed by atoms with Gasteiger partial charge in [0.2, 0.25) is 0 Å². The molecule has 0 unspecified atom stereocenters. The monoisotopic (exact) mass is 220 g/mol. The molecule has 88 valence electrons. The van der Waals surface area contributed by atoms with E-state index in [9.17, 15) is 4.79 Å². The summed E-state index contributed by atoms with van der Waals surface area (Å²) < 4.78 is 0. The normalized spacial score (nSPS) is 10.1. The predicted molar refractivity (Wildman–Crippen MR) is 66.7 cm³/mol. The Morgan fingerprint density at radius 3 is 2.69 bits per heavy atom. The summed E-state index contributed by atoms with van der Waals surface area (Å²) in [6, 6.07) is 7.76. The minimum atomic E-state index is 0.0357. The zero-order chi connectivity index (χ0) is 11.8. The number of aryl methyl sites for hydroxylation is 1. The van der Waals surface area contributed by atoms with Gasteiger partial charge in [-0.1, -0.05) is 25.1 Å². The fourth-order valence-electron chi connectivity index (χ4n) is 1.61. The van der Waals surface area contributed by atoms with Crippen LogP contribution in [0.15, 0.2) is 24.3 Å². The molecule has 0 aliphatic carbocycles. The van der Waals surface area contributed by atoms with Gasteiger partial charge in [-0.05, 0) is 38.1 Å². The molecule has 0 aromatic heterocycles. The third-order valence-corrected chi connectivity index (χ3v) is 2.53. The fourth-order valence-corrected chi connectivity index (χ4v) is 1.61. The third kappa shape index (κ3) is 3.66. The topological polar surface area (TPSA) is 41.1 Å². The molecule has 2 N–H and O–H groups in total. The molecule has 1 aromatic rings. The largest absolute Gasteiger partial charge is 0.352 e. The first-order valence-electron chi connectivity index (χ1n) is 5.80. The van der Waals surface area contributed by atoms with E-state index < -0.39 is 0 Å². The summed E-state index contributed by atoms with van der Waals surface area (Å²) in [5.41, 5.74) is 1.91. The highest BCUT2D eigenvalue weighted by atomic mass is 16.1. The maximum absolute atomic E-state index is 11.9. The van der Waals surface area contributed by atoms with Crippen LogP contribution in [0.25, 0.3) is 0 Å². The Morgan fingerprint density at radius 2 is 2.00 bits per heavy atom. The van der Waals surface area contributed by atoms with Gasteiger partial charge in [0.05, 0.1) is 0 Å². The van der Waals surface area contributed by atoms with Crippen molar-refractivity contribution >= 4 is 5.91 Å². The van der Waals surface area contributed by atoms with E-state index in [0.29, 0.717) is 0 Å². The lowest BCUT2D eigenvalue weighted by Crippen LogP contribution is -2.27. The molecule has 3 nitrogen and oxygen atoms in total. The summed E-state index contributed by atoms with van der Waals surface area (Å²) in [5.74, 6) is 0.0357. The van der Waals surface area contributed by atoms with Crippen LogP contribution in [0.2, 0.25) is 0 Å². The number of benzene rings is 1. The maximum Gasteiger partial charge on any atom is 0.251 e. The zero-order valence-electron chi connectivity index (χ0n) is 10.0. The Kier molecular flexibility index (Phi) is 5.57. The van der Waals surface area contributed by atoms with E-state index >= 15 is 0 Å². The molecule has 0 radical (unpaired) electrons. The summed E-state index contributed by atoms with van der Waals surface area (Å²) in [6.07, 6.45) is 1.84. The number of nitrogens with one attached hydrogen (secondary N) is 2. The number of carbonyl (C=O) groups excluding carboxylic acids is 1. The summed E-state index contributed by atoms with van der Waals surface area (Å²) in [4.78, 5) is 11.9. The number of hydrogen-bond acceptors (Lipinski definition) is 2. The van der Waals surface area contributed by atoms with Gasteiger partial charge in [0, 0.05) is 12.1 Å². The van der Waals surface area contributed by atoms with Crippen molar-refractivity contribution in [3.05, 3.63) is 35.4 Å². The van der Waals surface area contributed by atoms with Crippen molar-refractivity contribution in [3.63, 3.8) is 0 Å². The van der Waals surface area contributed by atoms with Crippen LogP contribution in [-0.4, -0.2) is 26.0 Å². The maximum atomic E-state index is 11.9. The summed E-state index contributed by atoms with van der Waals surface area (Å²) >= 11 is 0. The number of rotatable bonds is 6.